The number of amides is 1. The highest BCUT2D eigenvalue weighted by atomic mass is 16.2. The van der Waals surface area contributed by atoms with E-state index in [1.807, 2.05) is 24.3 Å². The number of piperidine rings is 1. The SMILES string of the molecule is Nc1ccccc1NC(=O)CN1CCCC2CCCC21. The number of rotatable bonds is 3. The zero-order valence-corrected chi connectivity index (χ0v) is 11.8. The zero-order chi connectivity index (χ0) is 13.9. The third kappa shape index (κ3) is 2.80. The molecule has 1 saturated carbocycles. The Hall–Kier alpha value is -1.55. The molecular formula is C16H23N3O. The third-order valence-electron chi connectivity index (χ3n) is 4.69. The molecule has 4 heteroatoms. The second kappa shape index (κ2) is 5.83. The number of hydrogen-bond acceptors (Lipinski definition) is 3. The Balaban J connectivity index is 1.60. The van der Waals surface area contributed by atoms with Crippen LogP contribution in [0.25, 0.3) is 0 Å². The zero-order valence-electron chi connectivity index (χ0n) is 11.8. The van der Waals surface area contributed by atoms with Crippen molar-refractivity contribution in [3.05, 3.63) is 24.3 Å². The number of hydrogen-bond donors (Lipinski definition) is 2. The maximum absolute atomic E-state index is 12.2. The van der Waals surface area contributed by atoms with Crippen LogP contribution in [0.15, 0.2) is 24.3 Å². The highest BCUT2D eigenvalue weighted by Gasteiger charge is 2.35. The third-order valence-corrected chi connectivity index (χ3v) is 4.69. The molecule has 1 heterocycles. The Morgan fingerprint density at radius 3 is 2.90 bits per heavy atom. The van der Waals surface area contributed by atoms with E-state index in [-0.39, 0.29) is 5.91 Å². The first-order valence-corrected chi connectivity index (χ1v) is 7.62. The highest BCUT2D eigenvalue weighted by Crippen LogP contribution is 2.36. The summed E-state index contributed by atoms with van der Waals surface area (Å²) in [5.74, 6) is 0.869. The first-order valence-electron chi connectivity index (χ1n) is 7.62. The maximum Gasteiger partial charge on any atom is 0.238 e. The molecule has 2 unspecified atom stereocenters. The molecule has 1 saturated heterocycles. The number of nitrogens with zero attached hydrogens (tertiary/aromatic N) is 1. The van der Waals surface area contributed by atoms with Crippen LogP contribution in [0.1, 0.15) is 32.1 Å². The molecule has 0 bridgehead atoms. The van der Waals surface area contributed by atoms with Gasteiger partial charge in [0, 0.05) is 6.04 Å². The van der Waals surface area contributed by atoms with Crippen LogP contribution in [0.3, 0.4) is 0 Å². The van der Waals surface area contributed by atoms with Gasteiger partial charge in [0.1, 0.15) is 0 Å². The summed E-state index contributed by atoms with van der Waals surface area (Å²) in [5.41, 5.74) is 7.20. The van der Waals surface area contributed by atoms with Crippen molar-refractivity contribution >= 4 is 17.3 Å². The summed E-state index contributed by atoms with van der Waals surface area (Å²) in [6, 6.07) is 8.05. The molecule has 0 aromatic heterocycles. The van der Waals surface area contributed by atoms with Gasteiger partial charge < -0.3 is 11.1 Å². The number of anilines is 2. The first kappa shape index (κ1) is 13.4. The van der Waals surface area contributed by atoms with E-state index >= 15 is 0 Å². The molecule has 1 aromatic rings. The van der Waals surface area contributed by atoms with Crippen molar-refractivity contribution < 1.29 is 4.79 Å². The molecule has 2 aliphatic rings. The Morgan fingerprint density at radius 2 is 2.05 bits per heavy atom. The summed E-state index contributed by atoms with van der Waals surface area (Å²) < 4.78 is 0. The topological polar surface area (TPSA) is 58.4 Å². The summed E-state index contributed by atoms with van der Waals surface area (Å²) in [7, 11) is 0. The maximum atomic E-state index is 12.2. The molecule has 20 heavy (non-hydrogen) atoms. The van der Waals surface area contributed by atoms with Crippen LogP contribution in [0.5, 0.6) is 0 Å². The minimum atomic E-state index is 0.0513. The predicted octanol–water partition coefficient (Wildman–Crippen LogP) is 2.47. The number of nitrogen functional groups attached to an aromatic ring is 1. The lowest BCUT2D eigenvalue weighted by Crippen LogP contribution is -2.46. The van der Waals surface area contributed by atoms with Gasteiger partial charge in [0.25, 0.3) is 0 Å². The van der Waals surface area contributed by atoms with Gasteiger partial charge in [0.15, 0.2) is 0 Å². The van der Waals surface area contributed by atoms with E-state index in [9.17, 15) is 4.79 Å². The summed E-state index contributed by atoms with van der Waals surface area (Å²) in [6.07, 6.45) is 6.48. The van der Waals surface area contributed by atoms with Crippen LogP contribution in [-0.2, 0) is 4.79 Å². The highest BCUT2D eigenvalue weighted by molar-refractivity contribution is 5.95. The molecule has 3 rings (SSSR count). The second-order valence-electron chi connectivity index (χ2n) is 6.01. The normalized spacial score (nSPS) is 26.2. The largest absolute Gasteiger partial charge is 0.397 e. The van der Waals surface area contributed by atoms with Crippen LogP contribution >= 0.6 is 0 Å². The van der Waals surface area contributed by atoms with Crippen molar-refractivity contribution in [2.24, 2.45) is 5.92 Å². The van der Waals surface area contributed by atoms with Crippen LogP contribution in [0.4, 0.5) is 11.4 Å². The van der Waals surface area contributed by atoms with Crippen molar-refractivity contribution in [1.82, 2.24) is 4.90 Å². The number of nitrogens with two attached hydrogens (primary N) is 1. The lowest BCUT2D eigenvalue weighted by Gasteiger charge is -2.37. The van der Waals surface area contributed by atoms with E-state index in [1.165, 1.54) is 32.1 Å². The van der Waals surface area contributed by atoms with Crippen molar-refractivity contribution in [1.29, 1.82) is 0 Å². The van der Waals surface area contributed by atoms with Gasteiger partial charge in [0.2, 0.25) is 5.91 Å². The van der Waals surface area contributed by atoms with Gasteiger partial charge in [0.05, 0.1) is 17.9 Å². The van der Waals surface area contributed by atoms with Crippen LogP contribution in [0.2, 0.25) is 0 Å². The fourth-order valence-corrected chi connectivity index (χ4v) is 3.74. The van der Waals surface area contributed by atoms with Gasteiger partial charge in [-0.1, -0.05) is 18.6 Å². The van der Waals surface area contributed by atoms with Crippen LogP contribution in [0, 0.1) is 5.92 Å². The van der Waals surface area contributed by atoms with E-state index in [4.69, 9.17) is 5.73 Å². The molecule has 3 N–H and O–H groups in total. The number of para-hydroxylation sites is 2. The Morgan fingerprint density at radius 1 is 1.25 bits per heavy atom. The molecule has 1 amide bonds. The minimum absolute atomic E-state index is 0.0513. The fraction of sp³-hybridized carbons (Fsp3) is 0.562. The van der Waals surface area contributed by atoms with Gasteiger partial charge in [-0.05, 0) is 50.3 Å². The number of carbonyl (C=O) groups is 1. The molecule has 0 spiro atoms. The van der Waals surface area contributed by atoms with Crippen molar-refractivity contribution in [3.8, 4) is 0 Å². The Kier molecular flexibility index (Phi) is 3.92. The summed E-state index contributed by atoms with van der Waals surface area (Å²) >= 11 is 0. The molecular weight excluding hydrogens is 250 g/mol. The summed E-state index contributed by atoms with van der Waals surface area (Å²) in [4.78, 5) is 14.6. The molecule has 0 radical (unpaired) electrons. The molecule has 2 atom stereocenters. The second-order valence-corrected chi connectivity index (χ2v) is 6.01. The monoisotopic (exact) mass is 273 g/mol. The van der Waals surface area contributed by atoms with E-state index in [0.717, 1.165) is 18.2 Å². The van der Waals surface area contributed by atoms with Crippen molar-refractivity contribution in [2.75, 3.05) is 24.1 Å². The van der Waals surface area contributed by atoms with Crippen LogP contribution < -0.4 is 11.1 Å². The quantitative estimate of drug-likeness (QED) is 0.832. The van der Waals surface area contributed by atoms with E-state index in [0.29, 0.717) is 18.3 Å². The Labute approximate surface area is 120 Å². The van der Waals surface area contributed by atoms with Crippen molar-refractivity contribution in [2.45, 2.75) is 38.1 Å². The molecule has 4 nitrogen and oxygen atoms in total. The Bertz CT molecular complexity index is 488. The first-order chi connectivity index (χ1) is 9.74. The van der Waals surface area contributed by atoms with E-state index in [1.54, 1.807) is 0 Å². The van der Waals surface area contributed by atoms with Gasteiger partial charge in [-0.25, -0.2) is 0 Å². The average molecular weight is 273 g/mol. The van der Waals surface area contributed by atoms with Crippen LogP contribution in [-0.4, -0.2) is 29.9 Å². The van der Waals surface area contributed by atoms with Gasteiger partial charge >= 0.3 is 0 Å². The van der Waals surface area contributed by atoms with Gasteiger partial charge in [-0.2, -0.15) is 0 Å². The van der Waals surface area contributed by atoms with Crippen molar-refractivity contribution in [3.63, 3.8) is 0 Å². The number of fused-ring (bicyclic) bond motifs is 1. The lowest BCUT2D eigenvalue weighted by atomic mass is 9.92. The molecule has 1 aromatic carbocycles. The molecule has 1 aliphatic carbocycles. The minimum Gasteiger partial charge on any atom is -0.397 e. The number of likely N-dealkylation sites (tertiary alicyclic amines) is 1. The standard InChI is InChI=1S/C16H23N3O/c17-13-7-1-2-8-14(13)18-16(20)11-19-10-4-6-12-5-3-9-15(12)19/h1-2,7-8,12,15H,3-6,9-11,17H2,(H,18,20). The predicted molar refractivity (Wildman–Crippen MR) is 81.4 cm³/mol. The lowest BCUT2D eigenvalue weighted by molar-refractivity contribution is -0.118. The number of nitrogens with one attached hydrogen (secondary N) is 1. The fourth-order valence-electron chi connectivity index (χ4n) is 3.74. The molecule has 108 valence electrons. The van der Waals surface area contributed by atoms with E-state index in [2.05, 4.69) is 10.2 Å². The molecule has 2 fully saturated rings. The number of benzene rings is 1. The number of carbonyl (C=O) groups excluding carboxylic acids is 1. The van der Waals surface area contributed by atoms with Gasteiger partial charge in [-0.15, -0.1) is 0 Å². The van der Waals surface area contributed by atoms with Gasteiger partial charge in [-0.3, -0.25) is 9.69 Å². The smallest absolute Gasteiger partial charge is 0.238 e. The average Bonchev–Trinajstić information content (AvgIpc) is 2.91. The summed E-state index contributed by atoms with van der Waals surface area (Å²) in [6.45, 7) is 1.55. The van der Waals surface area contributed by atoms with E-state index < -0.39 is 0 Å². The summed E-state index contributed by atoms with van der Waals surface area (Å²) in [5, 5.41) is 2.93. The molecule has 1 aliphatic heterocycles.